The van der Waals surface area contributed by atoms with Gasteiger partial charge in [-0.05, 0) is 67.3 Å². The maximum absolute atomic E-state index is 13.6. The fraction of sp³-hybridized carbons (Fsp3) is 0.357. The van der Waals surface area contributed by atoms with Crippen molar-refractivity contribution in [2.75, 3.05) is 6.54 Å². The molecule has 164 valence electrons. The van der Waals surface area contributed by atoms with E-state index < -0.39 is 0 Å². The second kappa shape index (κ2) is 9.14. The highest BCUT2D eigenvalue weighted by Crippen LogP contribution is 2.42. The third-order valence-electron chi connectivity index (χ3n) is 7.15. The van der Waals surface area contributed by atoms with Crippen LogP contribution in [0.25, 0.3) is 10.8 Å². The van der Waals surface area contributed by atoms with E-state index >= 15 is 0 Å². The Bertz CT molecular complexity index is 1150. The Morgan fingerprint density at radius 1 is 1.12 bits per heavy atom. The van der Waals surface area contributed by atoms with Gasteiger partial charge < -0.3 is 10.6 Å². The zero-order valence-electron chi connectivity index (χ0n) is 19.1. The van der Waals surface area contributed by atoms with Crippen molar-refractivity contribution in [2.24, 2.45) is 5.92 Å². The minimum Gasteiger partial charge on any atom is -0.349 e. The standard InChI is InChI=1S/C28H31N3O/c1-19-17-28(13-14-30-19,24-10-5-4-6-11-24)20(2)27(32)31-21(3)26-16-22(18-29)15-23-9-7-8-12-25(23)26/h4-12,15-16,19-21,30H,13-14,17H2,1-3H3,(H,31,32). The maximum atomic E-state index is 13.6. The van der Waals surface area contributed by atoms with Crippen LogP contribution in [0.5, 0.6) is 0 Å². The summed E-state index contributed by atoms with van der Waals surface area (Å²) in [5.74, 6) is -0.121. The number of nitrogens with zero attached hydrogens (tertiary/aromatic N) is 1. The summed E-state index contributed by atoms with van der Waals surface area (Å²) in [5.41, 5.74) is 2.63. The summed E-state index contributed by atoms with van der Waals surface area (Å²) in [6.45, 7) is 7.17. The van der Waals surface area contributed by atoms with Crippen LogP contribution < -0.4 is 10.6 Å². The summed E-state index contributed by atoms with van der Waals surface area (Å²) < 4.78 is 0. The second-order valence-corrected chi connectivity index (χ2v) is 9.18. The lowest BCUT2D eigenvalue weighted by atomic mass is 9.63. The third-order valence-corrected chi connectivity index (χ3v) is 7.15. The Morgan fingerprint density at radius 2 is 1.84 bits per heavy atom. The number of benzene rings is 3. The molecule has 0 bridgehead atoms. The van der Waals surface area contributed by atoms with Gasteiger partial charge >= 0.3 is 0 Å². The van der Waals surface area contributed by atoms with Crippen LogP contribution in [0.3, 0.4) is 0 Å². The topological polar surface area (TPSA) is 64.9 Å². The van der Waals surface area contributed by atoms with Crippen LogP contribution in [0, 0.1) is 17.2 Å². The molecule has 1 fully saturated rings. The summed E-state index contributed by atoms with van der Waals surface area (Å²) >= 11 is 0. The Morgan fingerprint density at radius 3 is 2.56 bits per heavy atom. The van der Waals surface area contributed by atoms with Crippen molar-refractivity contribution in [1.82, 2.24) is 10.6 Å². The van der Waals surface area contributed by atoms with E-state index in [9.17, 15) is 10.1 Å². The molecule has 0 spiro atoms. The van der Waals surface area contributed by atoms with E-state index in [2.05, 4.69) is 60.9 Å². The lowest BCUT2D eigenvalue weighted by molar-refractivity contribution is -0.128. The van der Waals surface area contributed by atoms with E-state index in [4.69, 9.17) is 0 Å². The fourth-order valence-corrected chi connectivity index (χ4v) is 5.37. The summed E-state index contributed by atoms with van der Waals surface area (Å²) in [6.07, 6.45) is 1.85. The predicted octanol–water partition coefficient (Wildman–Crippen LogP) is 5.23. The molecule has 1 amide bonds. The molecule has 4 unspecified atom stereocenters. The highest BCUT2D eigenvalue weighted by atomic mass is 16.2. The number of hydrogen-bond acceptors (Lipinski definition) is 3. The lowest BCUT2D eigenvalue weighted by Gasteiger charge is -2.45. The molecule has 3 aromatic carbocycles. The van der Waals surface area contributed by atoms with Gasteiger partial charge in [0.1, 0.15) is 0 Å². The van der Waals surface area contributed by atoms with Gasteiger partial charge in [-0.2, -0.15) is 5.26 Å². The van der Waals surface area contributed by atoms with E-state index in [0.717, 1.165) is 35.7 Å². The molecule has 4 nitrogen and oxygen atoms in total. The van der Waals surface area contributed by atoms with Gasteiger partial charge in [-0.1, -0.05) is 61.5 Å². The van der Waals surface area contributed by atoms with Crippen molar-refractivity contribution < 1.29 is 4.79 Å². The number of piperidine rings is 1. The van der Waals surface area contributed by atoms with Gasteiger partial charge in [-0.25, -0.2) is 0 Å². The average molecular weight is 426 g/mol. The minimum absolute atomic E-state index is 0.0573. The number of rotatable bonds is 5. The SMILES string of the molecule is CC1CC(c2ccccc2)(C(C)C(=O)NC(C)c2cc(C#N)cc3ccccc23)CCN1. The molecule has 0 saturated carbocycles. The monoisotopic (exact) mass is 425 g/mol. The molecule has 0 radical (unpaired) electrons. The Kier molecular flexibility index (Phi) is 6.30. The lowest BCUT2D eigenvalue weighted by Crippen LogP contribution is -2.52. The smallest absolute Gasteiger partial charge is 0.224 e. The molecule has 4 atom stereocenters. The maximum Gasteiger partial charge on any atom is 0.224 e. The van der Waals surface area contributed by atoms with E-state index in [1.165, 1.54) is 5.56 Å². The van der Waals surface area contributed by atoms with Crippen LogP contribution in [0.1, 0.15) is 56.3 Å². The molecule has 1 aliphatic heterocycles. The first-order valence-electron chi connectivity index (χ1n) is 11.5. The van der Waals surface area contributed by atoms with Crippen LogP contribution in [0.15, 0.2) is 66.7 Å². The molecule has 32 heavy (non-hydrogen) atoms. The molecular weight excluding hydrogens is 394 g/mol. The first kappa shape index (κ1) is 22.0. The van der Waals surface area contributed by atoms with Crippen LogP contribution in [-0.4, -0.2) is 18.5 Å². The molecule has 1 saturated heterocycles. The van der Waals surface area contributed by atoms with Crippen molar-refractivity contribution in [3.8, 4) is 6.07 Å². The Balaban J connectivity index is 1.64. The normalized spacial score (nSPS) is 22.6. The van der Waals surface area contributed by atoms with Crippen LogP contribution in [0.4, 0.5) is 0 Å². The summed E-state index contributed by atoms with van der Waals surface area (Å²) in [4.78, 5) is 13.6. The molecule has 3 aromatic rings. The molecule has 0 aromatic heterocycles. The number of carbonyl (C=O) groups excluding carboxylic acids is 1. The number of amides is 1. The number of carbonyl (C=O) groups is 1. The van der Waals surface area contributed by atoms with Gasteiger partial charge in [-0.3, -0.25) is 4.79 Å². The highest BCUT2D eigenvalue weighted by Gasteiger charge is 2.44. The number of nitriles is 1. The minimum atomic E-state index is -0.202. The molecule has 1 heterocycles. The summed E-state index contributed by atoms with van der Waals surface area (Å²) in [7, 11) is 0. The summed E-state index contributed by atoms with van der Waals surface area (Å²) in [6, 6.07) is 24.7. The largest absolute Gasteiger partial charge is 0.349 e. The average Bonchev–Trinajstić information content (AvgIpc) is 2.83. The molecule has 1 aliphatic rings. The van der Waals surface area contributed by atoms with Gasteiger partial charge in [0.25, 0.3) is 0 Å². The van der Waals surface area contributed by atoms with Gasteiger partial charge in [-0.15, -0.1) is 0 Å². The van der Waals surface area contributed by atoms with Crippen molar-refractivity contribution in [3.05, 3.63) is 83.4 Å². The fourth-order valence-electron chi connectivity index (χ4n) is 5.37. The molecule has 0 aliphatic carbocycles. The number of nitrogens with one attached hydrogen (secondary N) is 2. The number of fused-ring (bicyclic) bond motifs is 1. The molecule has 4 rings (SSSR count). The van der Waals surface area contributed by atoms with Crippen molar-refractivity contribution >= 4 is 16.7 Å². The van der Waals surface area contributed by atoms with Crippen molar-refractivity contribution in [2.45, 2.75) is 51.1 Å². The third kappa shape index (κ3) is 4.13. The Hall–Kier alpha value is -3.16. The zero-order chi connectivity index (χ0) is 22.7. The quantitative estimate of drug-likeness (QED) is 0.588. The number of hydrogen-bond donors (Lipinski definition) is 2. The zero-order valence-corrected chi connectivity index (χ0v) is 19.1. The first-order chi connectivity index (χ1) is 15.4. The summed E-state index contributed by atoms with van der Waals surface area (Å²) in [5, 5.41) is 18.4. The van der Waals surface area contributed by atoms with Crippen LogP contribution >= 0.6 is 0 Å². The van der Waals surface area contributed by atoms with E-state index in [-0.39, 0.29) is 23.3 Å². The second-order valence-electron chi connectivity index (χ2n) is 9.18. The van der Waals surface area contributed by atoms with Gasteiger partial charge in [0.15, 0.2) is 0 Å². The van der Waals surface area contributed by atoms with E-state index in [0.29, 0.717) is 11.6 Å². The van der Waals surface area contributed by atoms with Gasteiger partial charge in [0.2, 0.25) is 5.91 Å². The molecule has 4 heteroatoms. The highest BCUT2D eigenvalue weighted by molar-refractivity contribution is 5.88. The van der Waals surface area contributed by atoms with Crippen LogP contribution in [-0.2, 0) is 10.2 Å². The molecule has 2 N–H and O–H groups in total. The van der Waals surface area contributed by atoms with Crippen molar-refractivity contribution in [1.29, 1.82) is 5.26 Å². The van der Waals surface area contributed by atoms with E-state index in [1.54, 1.807) is 0 Å². The predicted molar refractivity (Wildman–Crippen MR) is 129 cm³/mol. The van der Waals surface area contributed by atoms with Gasteiger partial charge in [0.05, 0.1) is 17.7 Å². The first-order valence-corrected chi connectivity index (χ1v) is 11.5. The van der Waals surface area contributed by atoms with Crippen molar-refractivity contribution in [3.63, 3.8) is 0 Å². The van der Waals surface area contributed by atoms with Crippen LogP contribution in [0.2, 0.25) is 0 Å². The van der Waals surface area contributed by atoms with E-state index in [1.807, 2.05) is 43.3 Å². The van der Waals surface area contributed by atoms with Gasteiger partial charge in [0, 0.05) is 17.4 Å². The Labute approximate surface area is 190 Å². The molecular formula is C28H31N3O.